The standard InChI is InChI=1S/C35H51N3OS/c1-24-14-13-19-31(26(24)3)34(39)36-32(23-40-30-17-9-8-10-18-30)25(2)21-38-22-29-16-12-11-15-28(29)20-33(38)27(4)37-35(5,6)7/h8-10,13-14,17-19,25,28-29,32-33,37H,4,11-12,15-16,20-23H2,1-3,5-7H3,(H,36,39)/t25?,28?,29?,32?,33-/m0/s1. The van der Waals surface area contributed by atoms with Crippen LogP contribution in [0.4, 0.5) is 0 Å². The lowest BCUT2D eigenvalue weighted by Gasteiger charge is -2.48. The maximum absolute atomic E-state index is 13.6. The minimum atomic E-state index is -0.00765. The summed E-state index contributed by atoms with van der Waals surface area (Å²) >= 11 is 1.83. The molecule has 0 bridgehead atoms. The van der Waals surface area contributed by atoms with Crippen molar-refractivity contribution in [2.45, 2.75) is 96.2 Å². The van der Waals surface area contributed by atoms with Gasteiger partial charge in [0.25, 0.3) is 5.91 Å². The van der Waals surface area contributed by atoms with Gasteiger partial charge in [-0.05, 0) is 94.5 Å². The van der Waals surface area contributed by atoms with Crippen LogP contribution in [0.2, 0.25) is 0 Å². The van der Waals surface area contributed by atoms with E-state index in [1.165, 1.54) is 37.0 Å². The Kier molecular flexibility index (Phi) is 10.5. The smallest absolute Gasteiger partial charge is 0.251 e. The zero-order valence-electron chi connectivity index (χ0n) is 25.6. The van der Waals surface area contributed by atoms with Gasteiger partial charge in [-0.25, -0.2) is 0 Å². The first kappa shape index (κ1) is 30.7. The maximum Gasteiger partial charge on any atom is 0.251 e. The molecule has 0 radical (unpaired) electrons. The van der Waals surface area contributed by atoms with Crippen LogP contribution in [0.15, 0.2) is 65.7 Å². The maximum atomic E-state index is 13.6. The number of carbonyl (C=O) groups is 1. The zero-order valence-corrected chi connectivity index (χ0v) is 26.4. The Morgan fingerprint density at radius 1 is 1.05 bits per heavy atom. The predicted octanol–water partition coefficient (Wildman–Crippen LogP) is 7.61. The van der Waals surface area contributed by atoms with Crippen molar-refractivity contribution in [3.05, 3.63) is 77.5 Å². The van der Waals surface area contributed by atoms with Gasteiger partial charge in [-0.3, -0.25) is 9.69 Å². The highest BCUT2D eigenvalue weighted by Crippen LogP contribution is 2.40. The van der Waals surface area contributed by atoms with Gasteiger partial charge in [0.05, 0.1) is 0 Å². The Hall–Kier alpha value is -2.24. The summed E-state index contributed by atoms with van der Waals surface area (Å²) in [6, 6.07) is 16.9. The van der Waals surface area contributed by atoms with Crippen LogP contribution in [0.1, 0.15) is 81.3 Å². The number of nitrogens with one attached hydrogen (secondary N) is 2. The molecule has 1 saturated heterocycles. The third-order valence-electron chi connectivity index (χ3n) is 8.99. The first-order chi connectivity index (χ1) is 19.0. The van der Waals surface area contributed by atoms with Crippen LogP contribution in [0.5, 0.6) is 0 Å². The summed E-state index contributed by atoms with van der Waals surface area (Å²) in [5.41, 5.74) is 4.14. The second kappa shape index (κ2) is 13.6. The molecule has 5 atom stereocenters. The van der Waals surface area contributed by atoms with Gasteiger partial charge in [-0.1, -0.05) is 63.1 Å². The fourth-order valence-electron chi connectivity index (χ4n) is 6.62. The molecular formula is C35H51N3OS. The van der Waals surface area contributed by atoms with Crippen LogP contribution >= 0.6 is 11.8 Å². The predicted molar refractivity (Wildman–Crippen MR) is 171 cm³/mol. The van der Waals surface area contributed by atoms with E-state index >= 15 is 0 Å². The lowest BCUT2D eigenvalue weighted by atomic mass is 9.72. The molecule has 0 aromatic heterocycles. The number of fused-ring (bicyclic) bond motifs is 1. The number of aryl methyl sites for hydroxylation is 1. The molecule has 0 spiro atoms. The normalized spacial score (nSPS) is 23.1. The number of thioether (sulfide) groups is 1. The number of amides is 1. The Labute approximate surface area is 247 Å². The van der Waals surface area contributed by atoms with E-state index < -0.39 is 0 Å². The molecule has 5 heteroatoms. The van der Waals surface area contributed by atoms with Crippen molar-refractivity contribution in [1.29, 1.82) is 0 Å². The van der Waals surface area contributed by atoms with Crippen molar-refractivity contribution in [2.24, 2.45) is 17.8 Å². The summed E-state index contributed by atoms with van der Waals surface area (Å²) in [5, 5.41) is 7.19. The van der Waals surface area contributed by atoms with E-state index in [0.29, 0.717) is 6.04 Å². The lowest BCUT2D eigenvalue weighted by Crippen LogP contribution is -2.55. The molecule has 4 nitrogen and oxygen atoms in total. The number of hydrogen-bond donors (Lipinski definition) is 2. The van der Waals surface area contributed by atoms with Crippen LogP contribution in [-0.4, -0.2) is 47.3 Å². The zero-order chi connectivity index (χ0) is 28.9. The number of carbonyl (C=O) groups excluding carboxylic acids is 1. The Morgan fingerprint density at radius 3 is 2.45 bits per heavy atom. The van der Waals surface area contributed by atoms with Crippen LogP contribution in [0.3, 0.4) is 0 Å². The van der Waals surface area contributed by atoms with Gasteiger partial charge in [-0.15, -0.1) is 11.8 Å². The van der Waals surface area contributed by atoms with E-state index in [1.807, 2.05) is 30.8 Å². The van der Waals surface area contributed by atoms with Crippen molar-refractivity contribution >= 4 is 17.7 Å². The summed E-state index contributed by atoms with van der Waals surface area (Å²) in [6.07, 6.45) is 6.62. The van der Waals surface area contributed by atoms with E-state index in [4.69, 9.17) is 0 Å². The largest absolute Gasteiger partial charge is 0.383 e. The molecular weight excluding hydrogens is 510 g/mol. The summed E-state index contributed by atoms with van der Waals surface area (Å²) < 4.78 is 0. The van der Waals surface area contributed by atoms with Gasteiger partial charge < -0.3 is 10.6 Å². The van der Waals surface area contributed by atoms with Gasteiger partial charge in [0.15, 0.2) is 0 Å². The molecule has 2 aliphatic rings. The molecule has 2 aromatic carbocycles. The van der Waals surface area contributed by atoms with Crippen molar-refractivity contribution in [3.8, 4) is 0 Å². The van der Waals surface area contributed by atoms with Crippen molar-refractivity contribution < 1.29 is 4.79 Å². The molecule has 2 N–H and O–H groups in total. The average molecular weight is 562 g/mol. The number of likely N-dealkylation sites (tertiary alicyclic amines) is 1. The van der Waals surface area contributed by atoms with Gasteiger partial charge in [0, 0.05) is 52.6 Å². The third-order valence-corrected chi connectivity index (χ3v) is 10.1. The minimum Gasteiger partial charge on any atom is -0.383 e. The first-order valence-corrected chi connectivity index (χ1v) is 16.3. The molecule has 2 fully saturated rings. The summed E-state index contributed by atoms with van der Waals surface area (Å²) in [7, 11) is 0. The second-order valence-electron chi connectivity index (χ2n) is 13.3. The van der Waals surface area contributed by atoms with Crippen molar-refractivity contribution in [1.82, 2.24) is 15.5 Å². The SMILES string of the molecule is C=C(NC(C)(C)C)[C@@H]1CC2CCCCC2CN1CC(C)C(CSc1ccccc1)NC(=O)c1cccc(C)c1C. The van der Waals surface area contributed by atoms with E-state index in [0.717, 1.165) is 53.1 Å². The van der Waals surface area contributed by atoms with Gasteiger partial charge in [0.2, 0.25) is 0 Å². The number of nitrogens with zero attached hydrogens (tertiary/aromatic N) is 1. The van der Waals surface area contributed by atoms with Crippen LogP contribution < -0.4 is 10.6 Å². The Balaban J connectivity index is 1.54. The van der Waals surface area contributed by atoms with Gasteiger partial charge in [-0.2, -0.15) is 0 Å². The molecule has 218 valence electrons. The number of rotatable bonds is 10. The monoisotopic (exact) mass is 561 g/mol. The highest BCUT2D eigenvalue weighted by atomic mass is 32.2. The molecule has 1 amide bonds. The molecule has 1 saturated carbocycles. The average Bonchev–Trinajstić information content (AvgIpc) is 2.91. The first-order valence-electron chi connectivity index (χ1n) is 15.3. The molecule has 4 rings (SSSR count). The van der Waals surface area contributed by atoms with E-state index in [-0.39, 0.29) is 23.4 Å². The number of piperidine rings is 1. The summed E-state index contributed by atoms with van der Waals surface area (Å²) in [5.74, 6) is 2.75. The van der Waals surface area contributed by atoms with Crippen molar-refractivity contribution in [3.63, 3.8) is 0 Å². The fourth-order valence-corrected chi connectivity index (χ4v) is 7.75. The van der Waals surface area contributed by atoms with Crippen LogP contribution in [0.25, 0.3) is 0 Å². The summed E-state index contributed by atoms with van der Waals surface area (Å²) in [6.45, 7) is 19.7. The molecule has 2 aromatic rings. The van der Waals surface area contributed by atoms with Crippen LogP contribution in [-0.2, 0) is 0 Å². The van der Waals surface area contributed by atoms with E-state index in [9.17, 15) is 4.79 Å². The highest BCUT2D eigenvalue weighted by molar-refractivity contribution is 7.99. The minimum absolute atomic E-state index is 0.00765. The van der Waals surface area contributed by atoms with Crippen molar-refractivity contribution in [2.75, 3.05) is 18.8 Å². The van der Waals surface area contributed by atoms with E-state index in [2.05, 4.69) is 93.1 Å². The second-order valence-corrected chi connectivity index (χ2v) is 14.4. The Morgan fingerprint density at radius 2 is 1.75 bits per heavy atom. The molecule has 40 heavy (non-hydrogen) atoms. The highest BCUT2D eigenvalue weighted by Gasteiger charge is 2.39. The molecule has 4 unspecified atom stereocenters. The third kappa shape index (κ3) is 8.16. The lowest BCUT2D eigenvalue weighted by molar-refractivity contribution is 0.0370. The topological polar surface area (TPSA) is 44.4 Å². The Bertz CT molecular complexity index is 1140. The quantitative estimate of drug-likeness (QED) is 0.293. The number of benzene rings is 2. The van der Waals surface area contributed by atoms with E-state index in [1.54, 1.807) is 0 Å². The van der Waals surface area contributed by atoms with Crippen LogP contribution in [0, 0.1) is 31.6 Å². The fraction of sp³-hybridized carbons (Fsp3) is 0.571. The summed E-state index contributed by atoms with van der Waals surface area (Å²) in [4.78, 5) is 17.5. The molecule has 1 aliphatic heterocycles. The number of hydrogen-bond acceptors (Lipinski definition) is 4. The van der Waals surface area contributed by atoms with Gasteiger partial charge in [0.1, 0.15) is 0 Å². The molecule has 1 heterocycles. The van der Waals surface area contributed by atoms with Gasteiger partial charge >= 0.3 is 0 Å². The molecule has 1 aliphatic carbocycles.